The number of halogens is 2. The lowest BCUT2D eigenvalue weighted by Crippen LogP contribution is -2.35. The molecule has 1 aromatic rings. The quantitative estimate of drug-likeness (QED) is 0.731. The third-order valence-corrected chi connectivity index (χ3v) is 3.80. The Bertz CT molecular complexity index is 433. The Labute approximate surface area is 111 Å². The Morgan fingerprint density at radius 3 is 2.44 bits per heavy atom. The van der Waals surface area contributed by atoms with Crippen LogP contribution in [0.1, 0.15) is 0 Å². The number of anilines is 1. The lowest BCUT2D eigenvalue weighted by molar-refractivity contribution is -0.117. The zero-order valence-corrected chi connectivity index (χ0v) is 11.8. The summed E-state index contributed by atoms with van der Waals surface area (Å²) in [6.07, 6.45) is 0. The monoisotopic (exact) mass is 344 g/mol. The van der Waals surface area contributed by atoms with Crippen molar-refractivity contribution < 1.29 is 4.79 Å². The fourth-order valence-corrected chi connectivity index (χ4v) is 3.19. The van der Waals surface area contributed by atoms with E-state index in [0.29, 0.717) is 0 Å². The van der Waals surface area contributed by atoms with Crippen molar-refractivity contribution in [3.05, 3.63) is 41.0 Å². The van der Waals surface area contributed by atoms with E-state index in [1.54, 1.807) is 9.99 Å². The normalized spacial score (nSPS) is 23.3. The summed E-state index contributed by atoms with van der Waals surface area (Å²) in [5.41, 5.74) is 1.75. The Kier molecular flexibility index (Phi) is 3.35. The van der Waals surface area contributed by atoms with E-state index >= 15 is 0 Å². The minimum Gasteiger partial charge on any atom is -0.283 e. The first-order chi connectivity index (χ1) is 7.66. The molecular formula is C11H10Br2N2O. The highest BCUT2D eigenvalue weighted by Gasteiger charge is 2.39. The molecule has 0 radical (unpaired) electrons. The molecule has 3 nitrogen and oxygen atoms in total. The number of hydrogen-bond acceptors (Lipinski definition) is 2. The number of hydrazine groups is 1. The third-order valence-electron chi connectivity index (χ3n) is 2.47. The van der Waals surface area contributed by atoms with Gasteiger partial charge < -0.3 is 0 Å². The molecule has 1 aliphatic rings. The van der Waals surface area contributed by atoms with Gasteiger partial charge in [-0.2, -0.15) is 0 Å². The maximum atomic E-state index is 12.1. The first kappa shape index (κ1) is 11.7. The number of benzene rings is 1. The van der Waals surface area contributed by atoms with Crippen LogP contribution in [0.25, 0.3) is 0 Å². The number of carbonyl (C=O) groups is 1. The SMILES string of the molecule is CN1/C(=C/Br)[C@@H](Br)C(=O)N1c1ccccc1. The highest BCUT2D eigenvalue weighted by atomic mass is 79.9. The molecule has 1 aliphatic heterocycles. The molecule has 0 aromatic heterocycles. The average molecular weight is 346 g/mol. The van der Waals surface area contributed by atoms with Crippen LogP contribution in [0.3, 0.4) is 0 Å². The standard InChI is InChI=1S/C11H10Br2N2O/c1-14-9(7-12)10(13)11(16)15(14)8-5-3-2-4-6-8/h2-7,10H,1H3/b9-7+/t10-/m1/s1. The van der Waals surface area contributed by atoms with Gasteiger partial charge in [-0.3, -0.25) is 9.80 Å². The summed E-state index contributed by atoms with van der Waals surface area (Å²) in [7, 11) is 1.86. The second kappa shape index (κ2) is 4.59. The van der Waals surface area contributed by atoms with Crippen molar-refractivity contribution in [2.24, 2.45) is 0 Å². The van der Waals surface area contributed by atoms with Gasteiger partial charge in [0.05, 0.1) is 11.4 Å². The molecule has 1 atom stereocenters. The van der Waals surface area contributed by atoms with Crippen molar-refractivity contribution in [3.8, 4) is 0 Å². The van der Waals surface area contributed by atoms with Crippen molar-refractivity contribution in [2.75, 3.05) is 12.1 Å². The molecule has 84 valence electrons. The predicted octanol–water partition coefficient (Wildman–Crippen LogP) is 2.88. The van der Waals surface area contributed by atoms with Gasteiger partial charge in [-0.1, -0.05) is 50.1 Å². The van der Waals surface area contributed by atoms with E-state index in [-0.39, 0.29) is 10.7 Å². The van der Waals surface area contributed by atoms with E-state index in [9.17, 15) is 4.79 Å². The number of para-hydroxylation sites is 1. The Balaban J connectivity index is 2.41. The topological polar surface area (TPSA) is 23.6 Å². The summed E-state index contributed by atoms with van der Waals surface area (Å²) in [6, 6.07) is 9.57. The molecule has 2 rings (SSSR count). The van der Waals surface area contributed by atoms with Gasteiger partial charge in [0, 0.05) is 12.0 Å². The van der Waals surface area contributed by atoms with Gasteiger partial charge in [0.2, 0.25) is 0 Å². The van der Waals surface area contributed by atoms with Gasteiger partial charge in [-0.25, -0.2) is 5.01 Å². The lowest BCUT2D eigenvalue weighted by Gasteiger charge is -2.25. The van der Waals surface area contributed by atoms with E-state index in [1.807, 2.05) is 42.4 Å². The number of alkyl halides is 1. The van der Waals surface area contributed by atoms with Gasteiger partial charge in [0.1, 0.15) is 4.83 Å². The second-order valence-corrected chi connectivity index (χ2v) is 4.78. The summed E-state index contributed by atoms with van der Waals surface area (Å²) in [5, 5.41) is 3.47. The maximum absolute atomic E-state index is 12.1. The van der Waals surface area contributed by atoms with E-state index in [1.165, 1.54) is 0 Å². The molecule has 1 saturated heterocycles. The van der Waals surface area contributed by atoms with E-state index < -0.39 is 0 Å². The highest BCUT2D eigenvalue weighted by Crippen LogP contribution is 2.32. The third kappa shape index (κ3) is 1.78. The molecule has 5 heteroatoms. The molecule has 1 fully saturated rings. The predicted molar refractivity (Wildman–Crippen MR) is 71.4 cm³/mol. The number of rotatable bonds is 1. The molecular weight excluding hydrogens is 336 g/mol. The van der Waals surface area contributed by atoms with Crippen LogP contribution in [0.15, 0.2) is 41.0 Å². The Morgan fingerprint density at radius 2 is 1.94 bits per heavy atom. The average Bonchev–Trinajstić information content (AvgIpc) is 2.51. The highest BCUT2D eigenvalue weighted by molar-refractivity contribution is 9.11. The summed E-state index contributed by atoms with van der Waals surface area (Å²) < 4.78 is 0. The number of carbonyl (C=O) groups excluding carboxylic acids is 1. The minimum absolute atomic E-state index is 0.0133. The van der Waals surface area contributed by atoms with E-state index in [4.69, 9.17) is 0 Å². The summed E-state index contributed by atoms with van der Waals surface area (Å²) in [5.74, 6) is 0.0133. The molecule has 0 spiro atoms. The van der Waals surface area contributed by atoms with Crippen molar-refractivity contribution in [1.29, 1.82) is 0 Å². The number of hydrogen-bond donors (Lipinski definition) is 0. The van der Waals surface area contributed by atoms with Crippen molar-refractivity contribution in [1.82, 2.24) is 5.01 Å². The van der Waals surface area contributed by atoms with Gasteiger partial charge in [0.25, 0.3) is 5.91 Å². The molecule has 1 heterocycles. The van der Waals surface area contributed by atoms with Crippen LogP contribution < -0.4 is 5.01 Å². The van der Waals surface area contributed by atoms with Gasteiger partial charge in [0.15, 0.2) is 0 Å². The summed E-state index contributed by atoms with van der Waals surface area (Å²) in [6.45, 7) is 0. The molecule has 0 saturated carbocycles. The lowest BCUT2D eigenvalue weighted by atomic mass is 10.3. The van der Waals surface area contributed by atoms with Gasteiger partial charge in [-0.15, -0.1) is 0 Å². The first-order valence-electron chi connectivity index (χ1n) is 4.74. The minimum atomic E-state index is -0.294. The number of amides is 1. The van der Waals surface area contributed by atoms with Crippen LogP contribution >= 0.6 is 31.9 Å². The van der Waals surface area contributed by atoms with Crippen LogP contribution in [0, 0.1) is 0 Å². The molecule has 0 bridgehead atoms. The van der Waals surface area contributed by atoms with Gasteiger partial charge in [-0.05, 0) is 12.1 Å². The Hall–Kier alpha value is -0.810. The van der Waals surface area contributed by atoms with Crippen LogP contribution in [0.5, 0.6) is 0 Å². The summed E-state index contributed by atoms with van der Waals surface area (Å²) in [4.78, 5) is 13.5. The van der Waals surface area contributed by atoms with Crippen LogP contribution in [-0.4, -0.2) is 22.8 Å². The van der Waals surface area contributed by atoms with Crippen LogP contribution in [-0.2, 0) is 4.79 Å². The smallest absolute Gasteiger partial charge is 0.265 e. The molecule has 0 N–H and O–H groups in total. The largest absolute Gasteiger partial charge is 0.283 e. The van der Waals surface area contributed by atoms with Crippen molar-refractivity contribution in [2.45, 2.75) is 4.83 Å². The summed E-state index contributed by atoms with van der Waals surface area (Å²) >= 11 is 6.65. The maximum Gasteiger partial charge on any atom is 0.265 e. The van der Waals surface area contributed by atoms with Crippen molar-refractivity contribution in [3.63, 3.8) is 0 Å². The second-order valence-electron chi connectivity index (χ2n) is 3.41. The van der Waals surface area contributed by atoms with Crippen LogP contribution in [0.2, 0.25) is 0 Å². The Morgan fingerprint density at radius 1 is 1.31 bits per heavy atom. The molecule has 0 aliphatic carbocycles. The molecule has 0 unspecified atom stereocenters. The van der Waals surface area contributed by atoms with Crippen LogP contribution in [0.4, 0.5) is 5.69 Å². The fourth-order valence-electron chi connectivity index (χ4n) is 1.66. The molecule has 16 heavy (non-hydrogen) atoms. The molecule has 1 aromatic carbocycles. The molecule has 1 amide bonds. The van der Waals surface area contributed by atoms with E-state index in [2.05, 4.69) is 31.9 Å². The zero-order valence-electron chi connectivity index (χ0n) is 8.60. The van der Waals surface area contributed by atoms with E-state index in [0.717, 1.165) is 11.4 Å². The first-order valence-corrected chi connectivity index (χ1v) is 6.57. The van der Waals surface area contributed by atoms with Gasteiger partial charge >= 0.3 is 0 Å². The van der Waals surface area contributed by atoms with Crippen molar-refractivity contribution >= 4 is 43.5 Å². The zero-order chi connectivity index (χ0) is 11.7. The fraction of sp³-hybridized carbons (Fsp3) is 0.182. The number of nitrogens with zero attached hydrogens (tertiary/aromatic N) is 2.